The van der Waals surface area contributed by atoms with E-state index in [0.717, 1.165) is 24.6 Å². The van der Waals surface area contributed by atoms with Gasteiger partial charge >= 0.3 is 5.97 Å². The molecule has 1 aromatic rings. The van der Waals surface area contributed by atoms with Gasteiger partial charge in [0, 0.05) is 23.6 Å². The Morgan fingerprint density at radius 1 is 1.32 bits per heavy atom. The molecule has 5 heteroatoms. The molecule has 0 unspecified atom stereocenters. The number of methoxy groups -OCH3 is 1. The average molecular weight is 320 g/mol. The minimum atomic E-state index is -0.311. The summed E-state index contributed by atoms with van der Waals surface area (Å²) in [6.45, 7) is 4.00. The van der Waals surface area contributed by atoms with Gasteiger partial charge in [-0.1, -0.05) is 19.3 Å². The van der Waals surface area contributed by atoms with Gasteiger partial charge in [0.15, 0.2) is 0 Å². The Bertz CT molecular complexity index is 550. The van der Waals surface area contributed by atoms with Crippen LogP contribution < -0.4 is 4.90 Å². The van der Waals surface area contributed by atoms with Crippen molar-refractivity contribution < 1.29 is 9.53 Å². The molecule has 22 heavy (non-hydrogen) atoms. The summed E-state index contributed by atoms with van der Waals surface area (Å²) in [6.07, 6.45) is 6.75. The molecule has 1 aliphatic heterocycles. The lowest BCUT2D eigenvalue weighted by Gasteiger charge is -2.45. The average Bonchev–Trinajstić information content (AvgIpc) is 2.55. The highest BCUT2D eigenvalue weighted by atomic mass is 32.2. The van der Waals surface area contributed by atoms with E-state index in [1.807, 2.05) is 19.1 Å². The van der Waals surface area contributed by atoms with Crippen LogP contribution in [0.1, 0.15) is 48.2 Å². The molecule has 0 N–H and O–H groups in total. The third-order valence-electron chi connectivity index (χ3n) is 4.81. The van der Waals surface area contributed by atoms with Gasteiger partial charge in [-0.05, 0) is 31.9 Å². The van der Waals surface area contributed by atoms with Crippen LogP contribution in [0.15, 0.2) is 12.1 Å². The Balaban J connectivity index is 1.78. The van der Waals surface area contributed by atoms with Gasteiger partial charge in [0.05, 0.1) is 18.4 Å². The lowest BCUT2D eigenvalue weighted by atomic mass is 9.87. The van der Waals surface area contributed by atoms with Crippen molar-refractivity contribution in [2.24, 2.45) is 0 Å². The maximum absolute atomic E-state index is 11.7. The van der Waals surface area contributed by atoms with Crippen LogP contribution in [-0.2, 0) is 4.74 Å². The van der Waals surface area contributed by atoms with E-state index in [1.54, 1.807) is 0 Å². The second-order valence-electron chi connectivity index (χ2n) is 6.31. The van der Waals surface area contributed by atoms with Gasteiger partial charge in [-0.2, -0.15) is 11.8 Å². The van der Waals surface area contributed by atoms with Crippen molar-refractivity contribution in [2.75, 3.05) is 30.9 Å². The SMILES string of the molecule is COC(=O)c1ccc(N2CCSC3(CCCCC3)C2)nc1C. The largest absolute Gasteiger partial charge is 0.465 e. The molecule has 2 aliphatic rings. The molecule has 3 rings (SSSR count). The maximum Gasteiger partial charge on any atom is 0.339 e. The molecule has 2 fully saturated rings. The van der Waals surface area contributed by atoms with Crippen LogP contribution in [0.25, 0.3) is 0 Å². The number of nitrogens with zero attached hydrogens (tertiary/aromatic N) is 2. The number of pyridine rings is 1. The fourth-order valence-electron chi connectivity index (χ4n) is 3.59. The van der Waals surface area contributed by atoms with Crippen LogP contribution in [-0.4, -0.2) is 41.7 Å². The summed E-state index contributed by atoms with van der Waals surface area (Å²) in [4.78, 5) is 18.7. The standard InChI is InChI=1S/C17H24N2O2S/c1-13-14(16(20)21-2)6-7-15(18-13)19-10-11-22-17(12-19)8-4-3-5-9-17/h6-7H,3-5,8-12H2,1-2H3. The monoisotopic (exact) mass is 320 g/mol. The molecule has 2 heterocycles. The number of anilines is 1. The van der Waals surface area contributed by atoms with Crippen LogP contribution in [0.3, 0.4) is 0 Å². The fourth-order valence-corrected chi connectivity index (χ4v) is 5.16. The number of aryl methyl sites for hydroxylation is 1. The lowest BCUT2D eigenvalue weighted by molar-refractivity contribution is 0.0599. The van der Waals surface area contributed by atoms with Crippen molar-refractivity contribution in [3.63, 3.8) is 0 Å². The molecule has 0 amide bonds. The number of rotatable bonds is 2. The predicted octanol–water partition coefficient (Wildman–Crippen LogP) is 3.43. The first kappa shape index (κ1) is 15.7. The minimum absolute atomic E-state index is 0.311. The molecule has 4 nitrogen and oxygen atoms in total. The molecule has 1 saturated carbocycles. The number of aromatic nitrogens is 1. The summed E-state index contributed by atoms with van der Waals surface area (Å²) >= 11 is 2.16. The molecule has 0 aromatic carbocycles. The van der Waals surface area contributed by atoms with Crippen LogP contribution in [0.2, 0.25) is 0 Å². The molecule has 1 aliphatic carbocycles. The first-order valence-electron chi connectivity index (χ1n) is 8.08. The zero-order valence-corrected chi connectivity index (χ0v) is 14.2. The second kappa shape index (κ2) is 6.49. The van der Waals surface area contributed by atoms with Crippen molar-refractivity contribution in [3.8, 4) is 0 Å². The topological polar surface area (TPSA) is 42.4 Å². The Kier molecular flexibility index (Phi) is 4.62. The first-order valence-corrected chi connectivity index (χ1v) is 9.07. The number of carbonyl (C=O) groups is 1. The highest BCUT2D eigenvalue weighted by molar-refractivity contribution is 8.00. The highest BCUT2D eigenvalue weighted by Crippen LogP contribution is 2.43. The summed E-state index contributed by atoms with van der Waals surface area (Å²) in [6, 6.07) is 3.81. The number of carbonyl (C=O) groups excluding carboxylic acids is 1. The number of hydrogen-bond donors (Lipinski definition) is 0. The van der Waals surface area contributed by atoms with Crippen molar-refractivity contribution >= 4 is 23.5 Å². The van der Waals surface area contributed by atoms with Gasteiger partial charge in [0.25, 0.3) is 0 Å². The Morgan fingerprint density at radius 2 is 2.09 bits per heavy atom. The third-order valence-corrected chi connectivity index (χ3v) is 6.35. The number of esters is 1. The van der Waals surface area contributed by atoms with E-state index in [-0.39, 0.29) is 5.97 Å². The second-order valence-corrected chi connectivity index (χ2v) is 7.87. The van der Waals surface area contributed by atoms with E-state index in [9.17, 15) is 4.79 Å². The van der Waals surface area contributed by atoms with Gasteiger partial charge in [0.2, 0.25) is 0 Å². The Hall–Kier alpha value is -1.23. The van der Waals surface area contributed by atoms with Crippen molar-refractivity contribution in [2.45, 2.75) is 43.8 Å². The highest BCUT2D eigenvalue weighted by Gasteiger charge is 2.37. The molecular formula is C17H24N2O2S. The molecule has 1 spiro atoms. The van der Waals surface area contributed by atoms with E-state index >= 15 is 0 Å². The van der Waals surface area contributed by atoms with Gasteiger partial charge in [0.1, 0.15) is 5.82 Å². The summed E-state index contributed by atoms with van der Waals surface area (Å²) in [5, 5.41) is 0. The molecule has 0 atom stereocenters. The summed E-state index contributed by atoms with van der Waals surface area (Å²) in [5.74, 6) is 1.85. The third kappa shape index (κ3) is 3.09. The number of hydrogen-bond acceptors (Lipinski definition) is 5. The zero-order chi connectivity index (χ0) is 15.6. The van der Waals surface area contributed by atoms with E-state index in [1.165, 1.54) is 45.0 Å². The van der Waals surface area contributed by atoms with Crippen molar-refractivity contribution in [1.29, 1.82) is 0 Å². The quantitative estimate of drug-likeness (QED) is 0.781. The van der Waals surface area contributed by atoms with Crippen LogP contribution in [0, 0.1) is 6.92 Å². The maximum atomic E-state index is 11.7. The Labute approximate surface area is 136 Å². The summed E-state index contributed by atoms with van der Waals surface area (Å²) < 4.78 is 5.22. The minimum Gasteiger partial charge on any atom is -0.465 e. The van der Waals surface area contributed by atoms with Gasteiger partial charge in [-0.25, -0.2) is 9.78 Å². The lowest BCUT2D eigenvalue weighted by Crippen LogP contribution is -2.48. The number of ether oxygens (including phenoxy) is 1. The Morgan fingerprint density at radius 3 is 2.77 bits per heavy atom. The van der Waals surface area contributed by atoms with Crippen molar-refractivity contribution in [1.82, 2.24) is 4.98 Å². The van der Waals surface area contributed by atoms with Gasteiger partial charge in [-0.3, -0.25) is 0 Å². The normalized spacial score (nSPS) is 20.9. The molecule has 0 radical (unpaired) electrons. The van der Waals surface area contributed by atoms with Gasteiger partial charge < -0.3 is 9.64 Å². The van der Waals surface area contributed by atoms with Crippen LogP contribution in [0.4, 0.5) is 5.82 Å². The molecular weight excluding hydrogens is 296 g/mol. The van der Waals surface area contributed by atoms with Crippen LogP contribution >= 0.6 is 11.8 Å². The zero-order valence-electron chi connectivity index (χ0n) is 13.4. The van der Waals surface area contributed by atoms with Crippen LogP contribution in [0.5, 0.6) is 0 Å². The van der Waals surface area contributed by atoms with E-state index in [4.69, 9.17) is 4.74 Å². The van der Waals surface area contributed by atoms with Gasteiger partial charge in [-0.15, -0.1) is 0 Å². The van der Waals surface area contributed by atoms with Crippen molar-refractivity contribution in [3.05, 3.63) is 23.4 Å². The van der Waals surface area contributed by atoms with E-state index in [0.29, 0.717) is 10.3 Å². The first-order chi connectivity index (χ1) is 10.6. The van der Waals surface area contributed by atoms with E-state index < -0.39 is 0 Å². The molecule has 1 saturated heterocycles. The summed E-state index contributed by atoms with van der Waals surface area (Å²) in [5.41, 5.74) is 1.31. The molecule has 0 bridgehead atoms. The predicted molar refractivity (Wildman–Crippen MR) is 90.8 cm³/mol. The smallest absolute Gasteiger partial charge is 0.339 e. The summed E-state index contributed by atoms with van der Waals surface area (Å²) in [7, 11) is 1.41. The van der Waals surface area contributed by atoms with E-state index in [2.05, 4.69) is 21.6 Å². The number of thioether (sulfide) groups is 1. The fraction of sp³-hybridized carbons (Fsp3) is 0.647. The molecule has 1 aromatic heterocycles. The molecule has 120 valence electrons.